The van der Waals surface area contributed by atoms with Gasteiger partial charge in [-0.05, 0) is 37.8 Å². The molecule has 0 amide bonds. The van der Waals surface area contributed by atoms with Gasteiger partial charge in [0.1, 0.15) is 5.82 Å². The third kappa shape index (κ3) is 6.21. The lowest BCUT2D eigenvalue weighted by atomic mass is 10.2. The van der Waals surface area contributed by atoms with Gasteiger partial charge in [0.15, 0.2) is 5.96 Å². The Morgan fingerprint density at radius 3 is 2.86 bits per heavy atom. The second-order valence-electron chi connectivity index (χ2n) is 7.07. The lowest BCUT2D eigenvalue weighted by Crippen LogP contribution is -2.38. The van der Waals surface area contributed by atoms with Gasteiger partial charge in [0.25, 0.3) is 0 Å². The number of halogens is 2. The van der Waals surface area contributed by atoms with E-state index in [1.54, 1.807) is 4.68 Å². The van der Waals surface area contributed by atoms with E-state index in [1.807, 2.05) is 42.8 Å². The molecule has 0 spiro atoms. The zero-order valence-electron chi connectivity index (χ0n) is 17.1. The molecule has 0 fully saturated rings. The van der Waals surface area contributed by atoms with Crippen LogP contribution in [0.3, 0.4) is 0 Å². The average Bonchev–Trinajstić information content (AvgIpc) is 3.02. The van der Waals surface area contributed by atoms with Crippen LogP contribution in [0.5, 0.6) is 0 Å². The van der Waals surface area contributed by atoms with Crippen LogP contribution in [0.15, 0.2) is 34.1 Å². The number of nitrogens with one attached hydrogen (secondary N) is 1. The molecule has 1 aromatic heterocycles. The number of hydrogen-bond acceptors (Lipinski definition) is 3. The third-order valence-corrected chi connectivity index (χ3v) is 5.25. The lowest BCUT2D eigenvalue weighted by Gasteiger charge is -2.22. The van der Waals surface area contributed by atoms with Crippen LogP contribution < -0.4 is 11.0 Å². The molecule has 3 rings (SSSR count). The zero-order valence-corrected chi connectivity index (χ0v) is 20.2. The number of aliphatic imine (C=N–C) groups is 1. The highest BCUT2D eigenvalue weighted by molar-refractivity contribution is 14.0. The molecular formula is C20H30ClIN6O. The zero-order chi connectivity index (χ0) is 19.9. The third-order valence-electron chi connectivity index (χ3n) is 4.88. The number of nitrogens with zero attached hydrogens (tertiary/aromatic N) is 5. The van der Waals surface area contributed by atoms with Crippen molar-refractivity contribution >= 4 is 41.5 Å². The van der Waals surface area contributed by atoms with Crippen LogP contribution in [0.1, 0.15) is 37.6 Å². The number of fused-ring (bicyclic) bond motifs is 1. The van der Waals surface area contributed by atoms with Crippen molar-refractivity contribution < 1.29 is 0 Å². The monoisotopic (exact) mass is 532 g/mol. The Kier molecular flexibility index (Phi) is 9.48. The maximum Gasteiger partial charge on any atom is 0.345 e. The summed E-state index contributed by atoms with van der Waals surface area (Å²) in [7, 11) is 2.00. The Balaban J connectivity index is 0.00000300. The van der Waals surface area contributed by atoms with Gasteiger partial charge >= 0.3 is 5.69 Å². The van der Waals surface area contributed by atoms with Crippen molar-refractivity contribution in [3.63, 3.8) is 0 Å². The van der Waals surface area contributed by atoms with Crippen molar-refractivity contribution in [1.82, 2.24) is 24.6 Å². The van der Waals surface area contributed by atoms with E-state index in [0.29, 0.717) is 19.6 Å². The second kappa shape index (κ2) is 11.6. The summed E-state index contributed by atoms with van der Waals surface area (Å²) >= 11 is 6.27. The molecule has 0 unspecified atom stereocenters. The van der Waals surface area contributed by atoms with Crippen molar-refractivity contribution in [2.45, 2.75) is 52.2 Å². The van der Waals surface area contributed by atoms with E-state index < -0.39 is 0 Å². The number of hydrogen-bond donors (Lipinski definition) is 1. The van der Waals surface area contributed by atoms with Crippen LogP contribution in [-0.2, 0) is 26.1 Å². The molecule has 160 valence electrons. The van der Waals surface area contributed by atoms with Gasteiger partial charge in [0.05, 0.1) is 0 Å². The van der Waals surface area contributed by atoms with Gasteiger partial charge in [-0.15, -0.1) is 24.0 Å². The van der Waals surface area contributed by atoms with Crippen LogP contribution in [0, 0.1) is 0 Å². The molecule has 7 nitrogen and oxygen atoms in total. The maximum atomic E-state index is 12.4. The summed E-state index contributed by atoms with van der Waals surface area (Å²) in [6.07, 6.45) is 3.85. The summed E-state index contributed by atoms with van der Waals surface area (Å²) in [5, 5.41) is 8.56. The van der Waals surface area contributed by atoms with E-state index in [0.717, 1.165) is 61.1 Å². The molecule has 1 aromatic carbocycles. The van der Waals surface area contributed by atoms with E-state index >= 15 is 0 Å². The van der Waals surface area contributed by atoms with Crippen LogP contribution in [0.2, 0.25) is 5.02 Å². The molecule has 0 saturated carbocycles. The first-order valence-corrected chi connectivity index (χ1v) is 10.4. The van der Waals surface area contributed by atoms with Gasteiger partial charge in [-0.2, -0.15) is 5.10 Å². The molecule has 0 bridgehead atoms. The Morgan fingerprint density at radius 2 is 2.14 bits per heavy atom. The maximum absolute atomic E-state index is 12.4. The molecule has 0 saturated heterocycles. The highest BCUT2D eigenvalue weighted by Gasteiger charge is 2.16. The average molecular weight is 533 g/mol. The Hall–Kier alpha value is -1.55. The molecule has 0 atom stereocenters. The minimum Gasteiger partial charge on any atom is -0.357 e. The molecule has 2 heterocycles. The fraction of sp³-hybridized carbons (Fsp3) is 0.550. The Morgan fingerprint density at radius 1 is 1.34 bits per heavy atom. The second-order valence-corrected chi connectivity index (χ2v) is 7.47. The first-order valence-electron chi connectivity index (χ1n) is 9.99. The molecule has 9 heteroatoms. The van der Waals surface area contributed by atoms with Crippen molar-refractivity contribution in [1.29, 1.82) is 0 Å². The fourth-order valence-corrected chi connectivity index (χ4v) is 3.62. The van der Waals surface area contributed by atoms with Crippen molar-refractivity contribution in [3.8, 4) is 0 Å². The minimum absolute atomic E-state index is 0. The number of aromatic nitrogens is 3. The lowest BCUT2D eigenvalue weighted by molar-refractivity contribution is 0.474. The molecule has 1 aliphatic rings. The normalized spacial score (nSPS) is 13.6. The molecule has 0 radical (unpaired) electrons. The van der Waals surface area contributed by atoms with Gasteiger partial charge in [-0.25, -0.2) is 9.48 Å². The number of aryl methyl sites for hydroxylation is 2. The first kappa shape index (κ1) is 23.7. The van der Waals surface area contributed by atoms with E-state index in [4.69, 9.17) is 16.6 Å². The molecule has 0 aliphatic carbocycles. The summed E-state index contributed by atoms with van der Waals surface area (Å²) in [5.41, 5.74) is 1.08. The SMILES string of the molecule is CCNC(=NCCCn1nc2n(c1=O)CCCC2)N(C)Cc1ccccc1Cl.I. The Bertz CT molecular complexity index is 878. The largest absolute Gasteiger partial charge is 0.357 e. The van der Waals surface area contributed by atoms with Gasteiger partial charge in [-0.1, -0.05) is 29.8 Å². The minimum atomic E-state index is 0. The summed E-state index contributed by atoms with van der Waals surface area (Å²) < 4.78 is 3.41. The summed E-state index contributed by atoms with van der Waals surface area (Å²) in [6.45, 7) is 5.54. The highest BCUT2D eigenvalue weighted by Crippen LogP contribution is 2.16. The van der Waals surface area contributed by atoms with Gasteiger partial charge in [-0.3, -0.25) is 9.56 Å². The highest BCUT2D eigenvalue weighted by atomic mass is 127. The number of benzene rings is 1. The standard InChI is InChI=1S/C20H29ClN6O.HI/c1-3-22-19(25(2)15-16-9-4-5-10-17(16)21)23-12-8-14-27-20(28)26-13-7-6-11-18(26)24-27;/h4-5,9-10H,3,6-8,11-15H2,1-2H3,(H,22,23);1H. The van der Waals surface area contributed by atoms with Gasteiger partial charge < -0.3 is 10.2 Å². The van der Waals surface area contributed by atoms with Crippen molar-refractivity contribution in [2.75, 3.05) is 20.1 Å². The smallest absolute Gasteiger partial charge is 0.345 e. The van der Waals surface area contributed by atoms with E-state index in [9.17, 15) is 4.79 Å². The summed E-state index contributed by atoms with van der Waals surface area (Å²) in [5.74, 6) is 1.76. The van der Waals surface area contributed by atoms with Crippen LogP contribution in [0.4, 0.5) is 0 Å². The summed E-state index contributed by atoms with van der Waals surface area (Å²) in [6, 6.07) is 7.84. The summed E-state index contributed by atoms with van der Waals surface area (Å²) in [4.78, 5) is 19.1. The van der Waals surface area contributed by atoms with E-state index in [2.05, 4.69) is 15.3 Å². The molecule has 29 heavy (non-hydrogen) atoms. The van der Waals surface area contributed by atoms with Crippen molar-refractivity contribution in [3.05, 3.63) is 51.2 Å². The molecule has 1 N–H and O–H groups in total. The van der Waals surface area contributed by atoms with Crippen LogP contribution >= 0.6 is 35.6 Å². The predicted molar refractivity (Wildman–Crippen MR) is 128 cm³/mol. The molecule has 2 aromatic rings. The fourth-order valence-electron chi connectivity index (χ4n) is 3.43. The molecule has 1 aliphatic heterocycles. The van der Waals surface area contributed by atoms with E-state index in [-0.39, 0.29) is 29.7 Å². The topological polar surface area (TPSA) is 67.5 Å². The Labute approximate surface area is 194 Å². The predicted octanol–water partition coefficient (Wildman–Crippen LogP) is 3.14. The first-order chi connectivity index (χ1) is 13.6. The molecular weight excluding hydrogens is 503 g/mol. The quantitative estimate of drug-likeness (QED) is 0.258. The van der Waals surface area contributed by atoms with Gasteiger partial charge in [0.2, 0.25) is 0 Å². The van der Waals surface area contributed by atoms with Crippen LogP contribution in [-0.4, -0.2) is 45.3 Å². The van der Waals surface area contributed by atoms with E-state index in [1.165, 1.54) is 0 Å². The van der Waals surface area contributed by atoms with Crippen LogP contribution in [0.25, 0.3) is 0 Å². The number of rotatable bonds is 7. The van der Waals surface area contributed by atoms with Gasteiger partial charge in [0, 0.05) is 51.2 Å². The van der Waals surface area contributed by atoms with Crippen molar-refractivity contribution in [2.24, 2.45) is 4.99 Å². The number of guanidine groups is 1.